The topological polar surface area (TPSA) is 43.6 Å². The molecule has 2 aromatic rings. The van der Waals surface area contributed by atoms with Crippen LogP contribution in [0.5, 0.6) is 5.75 Å². The van der Waals surface area contributed by atoms with E-state index in [0.717, 1.165) is 25.3 Å². The summed E-state index contributed by atoms with van der Waals surface area (Å²) >= 11 is 0. The van der Waals surface area contributed by atoms with Crippen molar-refractivity contribution in [2.75, 3.05) is 19.7 Å². The number of ketones is 1. The number of aryl methyl sites for hydroxylation is 1. The van der Waals surface area contributed by atoms with Gasteiger partial charge in [-0.3, -0.25) is 4.98 Å². The molecular formula is C22H29N2O2+. The highest BCUT2D eigenvalue weighted by molar-refractivity contribution is 5.75. The molecule has 2 heterocycles. The summed E-state index contributed by atoms with van der Waals surface area (Å²) in [6, 6.07) is 12.9. The van der Waals surface area contributed by atoms with Gasteiger partial charge in [-0.2, -0.15) is 0 Å². The summed E-state index contributed by atoms with van der Waals surface area (Å²) in [5.41, 5.74) is 2.53. The molecule has 1 fully saturated rings. The van der Waals surface area contributed by atoms with Crippen molar-refractivity contribution in [3.63, 3.8) is 0 Å². The SMILES string of the molecule is CC(=O)CCc1ccc(OCC[NH+]2CCCC[C@H]2c2cccnc2)cc1. The van der Waals surface area contributed by atoms with Crippen LogP contribution in [0.15, 0.2) is 48.8 Å². The van der Waals surface area contributed by atoms with E-state index in [1.165, 1.54) is 36.9 Å². The highest BCUT2D eigenvalue weighted by Gasteiger charge is 2.27. The lowest BCUT2D eigenvalue weighted by Gasteiger charge is -2.32. The van der Waals surface area contributed by atoms with Crippen LogP contribution in [0.25, 0.3) is 0 Å². The highest BCUT2D eigenvalue weighted by atomic mass is 16.5. The molecule has 4 heteroatoms. The summed E-state index contributed by atoms with van der Waals surface area (Å²) in [6.07, 6.45) is 9.08. The lowest BCUT2D eigenvalue weighted by atomic mass is 9.96. The van der Waals surface area contributed by atoms with E-state index in [2.05, 4.69) is 23.2 Å². The number of hydrogen-bond acceptors (Lipinski definition) is 3. The molecule has 1 aliphatic heterocycles. The average molecular weight is 353 g/mol. The van der Waals surface area contributed by atoms with Crippen molar-refractivity contribution in [3.05, 3.63) is 59.9 Å². The van der Waals surface area contributed by atoms with Crippen molar-refractivity contribution < 1.29 is 14.4 Å². The van der Waals surface area contributed by atoms with Gasteiger partial charge >= 0.3 is 0 Å². The summed E-state index contributed by atoms with van der Waals surface area (Å²) in [5, 5.41) is 0. The lowest BCUT2D eigenvalue weighted by molar-refractivity contribution is -0.937. The first-order chi connectivity index (χ1) is 12.7. The minimum Gasteiger partial charge on any atom is -0.488 e. The van der Waals surface area contributed by atoms with E-state index in [1.807, 2.05) is 30.6 Å². The van der Waals surface area contributed by atoms with Crippen molar-refractivity contribution in [1.29, 1.82) is 0 Å². The number of rotatable bonds is 8. The second-order valence-corrected chi connectivity index (χ2v) is 7.19. The van der Waals surface area contributed by atoms with Crippen LogP contribution < -0.4 is 9.64 Å². The molecule has 4 nitrogen and oxygen atoms in total. The molecule has 2 atom stereocenters. The number of carbonyl (C=O) groups excluding carboxylic acids is 1. The number of nitrogens with zero attached hydrogens (tertiary/aromatic N) is 1. The molecule has 3 rings (SSSR count). The van der Waals surface area contributed by atoms with Gasteiger partial charge in [-0.1, -0.05) is 18.2 Å². The number of piperidine rings is 1. The maximum atomic E-state index is 11.1. The van der Waals surface area contributed by atoms with Crippen LogP contribution in [0.1, 0.15) is 49.8 Å². The fourth-order valence-corrected chi connectivity index (χ4v) is 3.74. The smallest absolute Gasteiger partial charge is 0.137 e. The van der Waals surface area contributed by atoms with E-state index < -0.39 is 0 Å². The Balaban J connectivity index is 1.49. The number of Topliss-reactive ketones (excluding diaryl/α,β-unsaturated/α-hetero) is 1. The molecule has 0 spiro atoms. The number of quaternary nitrogens is 1. The number of likely N-dealkylation sites (tertiary alicyclic amines) is 1. The molecule has 0 saturated carbocycles. The Labute approximate surface area is 156 Å². The molecule has 1 aliphatic rings. The monoisotopic (exact) mass is 353 g/mol. The maximum Gasteiger partial charge on any atom is 0.137 e. The van der Waals surface area contributed by atoms with E-state index in [9.17, 15) is 4.79 Å². The van der Waals surface area contributed by atoms with Crippen LogP contribution in [0, 0.1) is 0 Å². The van der Waals surface area contributed by atoms with Crippen LogP contribution in [0.2, 0.25) is 0 Å². The Bertz CT molecular complexity index is 685. The van der Waals surface area contributed by atoms with Crippen molar-refractivity contribution in [1.82, 2.24) is 4.98 Å². The van der Waals surface area contributed by atoms with Crippen LogP contribution in [0.3, 0.4) is 0 Å². The summed E-state index contributed by atoms with van der Waals surface area (Å²) < 4.78 is 5.97. The minimum absolute atomic E-state index is 0.234. The first-order valence-electron chi connectivity index (χ1n) is 9.68. The Hall–Kier alpha value is -2.20. The molecule has 1 aromatic carbocycles. The number of nitrogens with one attached hydrogen (secondary N) is 1. The van der Waals surface area contributed by atoms with Crippen LogP contribution in [0.4, 0.5) is 0 Å². The first kappa shape index (κ1) is 18.6. The first-order valence-corrected chi connectivity index (χ1v) is 9.68. The van der Waals surface area contributed by atoms with E-state index in [0.29, 0.717) is 12.5 Å². The van der Waals surface area contributed by atoms with Crippen LogP contribution >= 0.6 is 0 Å². The van der Waals surface area contributed by atoms with Crippen molar-refractivity contribution >= 4 is 5.78 Å². The largest absolute Gasteiger partial charge is 0.488 e. The van der Waals surface area contributed by atoms with Gasteiger partial charge < -0.3 is 14.4 Å². The molecule has 0 amide bonds. The van der Waals surface area contributed by atoms with E-state index in [1.54, 1.807) is 11.8 Å². The minimum atomic E-state index is 0.234. The number of hydrogen-bond donors (Lipinski definition) is 1. The van der Waals surface area contributed by atoms with Gasteiger partial charge in [0.1, 0.15) is 30.7 Å². The second kappa shape index (κ2) is 9.48. The highest BCUT2D eigenvalue weighted by Crippen LogP contribution is 2.18. The number of carbonyl (C=O) groups is 1. The van der Waals surface area contributed by atoms with Crippen LogP contribution in [-0.4, -0.2) is 30.5 Å². The Morgan fingerprint density at radius 1 is 1.23 bits per heavy atom. The molecule has 0 bridgehead atoms. The maximum absolute atomic E-state index is 11.1. The Morgan fingerprint density at radius 3 is 2.81 bits per heavy atom. The predicted octanol–water partition coefficient (Wildman–Crippen LogP) is 2.79. The summed E-state index contributed by atoms with van der Waals surface area (Å²) in [4.78, 5) is 17.0. The lowest BCUT2D eigenvalue weighted by Crippen LogP contribution is -3.13. The summed E-state index contributed by atoms with van der Waals surface area (Å²) in [7, 11) is 0. The Morgan fingerprint density at radius 2 is 2.08 bits per heavy atom. The normalized spacial score (nSPS) is 19.9. The molecule has 0 radical (unpaired) electrons. The second-order valence-electron chi connectivity index (χ2n) is 7.19. The fourth-order valence-electron chi connectivity index (χ4n) is 3.74. The molecule has 1 saturated heterocycles. The van der Waals surface area contributed by atoms with Gasteiger partial charge in [-0.05, 0) is 49.9 Å². The predicted molar refractivity (Wildman–Crippen MR) is 102 cm³/mol. The molecule has 0 aliphatic carbocycles. The summed E-state index contributed by atoms with van der Waals surface area (Å²) in [6.45, 7) is 4.57. The van der Waals surface area contributed by atoms with Gasteiger partial charge in [0.05, 0.1) is 6.54 Å². The van der Waals surface area contributed by atoms with Crippen molar-refractivity contribution in [2.24, 2.45) is 0 Å². The van der Waals surface area contributed by atoms with E-state index in [4.69, 9.17) is 4.74 Å². The van der Waals surface area contributed by atoms with Crippen molar-refractivity contribution in [3.8, 4) is 5.75 Å². The molecule has 138 valence electrons. The molecule has 1 unspecified atom stereocenters. The number of ether oxygens (including phenoxy) is 1. The molecule has 26 heavy (non-hydrogen) atoms. The van der Waals surface area contributed by atoms with E-state index >= 15 is 0 Å². The average Bonchev–Trinajstić information content (AvgIpc) is 2.68. The Kier molecular flexibility index (Phi) is 6.78. The van der Waals surface area contributed by atoms with Gasteiger partial charge in [0, 0.05) is 30.8 Å². The van der Waals surface area contributed by atoms with Crippen LogP contribution in [-0.2, 0) is 11.2 Å². The van der Waals surface area contributed by atoms with Gasteiger partial charge in [0.2, 0.25) is 0 Å². The zero-order valence-corrected chi connectivity index (χ0v) is 15.6. The third-order valence-electron chi connectivity index (χ3n) is 5.20. The molecule has 1 aromatic heterocycles. The molecule has 1 N–H and O–H groups in total. The fraction of sp³-hybridized carbons (Fsp3) is 0.455. The third kappa shape index (κ3) is 5.40. The van der Waals surface area contributed by atoms with E-state index in [-0.39, 0.29) is 5.78 Å². The van der Waals surface area contributed by atoms with Gasteiger partial charge in [-0.25, -0.2) is 0 Å². The van der Waals surface area contributed by atoms with Gasteiger partial charge in [-0.15, -0.1) is 0 Å². The van der Waals surface area contributed by atoms with Gasteiger partial charge in [0.15, 0.2) is 0 Å². The quantitative estimate of drug-likeness (QED) is 0.794. The number of benzene rings is 1. The third-order valence-corrected chi connectivity index (χ3v) is 5.20. The van der Waals surface area contributed by atoms with Gasteiger partial charge in [0.25, 0.3) is 0 Å². The zero-order chi connectivity index (χ0) is 18.2. The molecular weight excluding hydrogens is 324 g/mol. The number of pyridine rings is 1. The van der Waals surface area contributed by atoms with Crippen molar-refractivity contribution in [2.45, 2.75) is 45.1 Å². The number of aromatic nitrogens is 1. The summed E-state index contributed by atoms with van der Waals surface area (Å²) in [5.74, 6) is 1.14. The standard InChI is InChI=1S/C22H28N2O2/c1-18(25)7-8-19-9-11-21(12-10-19)26-16-15-24-14-3-2-6-22(24)20-5-4-13-23-17-20/h4-5,9-13,17,22H,2-3,6-8,14-16H2,1H3/p+1/t22-/m0/s1. The zero-order valence-electron chi connectivity index (χ0n) is 15.6.